The Morgan fingerprint density at radius 3 is 2.16 bits per heavy atom. The number of non-ortho nitro benzene ring substituents is 1. The van der Waals surface area contributed by atoms with E-state index >= 15 is 0 Å². The molecular weight excluding hydrogens is 262 g/mol. The summed E-state index contributed by atoms with van der Waals surface area (Å²) in [4.78, 5) is 11.8. The lowest BCUT2D eigenvalue weighted by molar-refractivity contribution is -0.384. The van der Waals surface area contributed by atoms with Crippen LogP contribution < -0.4 is 0 Å². The fourth-order valence-electron chi connectivity index (χ4n) is 1.53. The fraction of sp³-hybridized carbons (Fsp3) is 0. The highest BCUT2D eigenvalue weighted by Gasteiger charge is 2.08. The molecule has 1 unspecified atom stereocenters. The van der Waals surface area contributed by atoms with Gasteiger partial charge in [-0.05, 0) is 35.0 Å². The molecule has 6 heteroatoms. The Bertz CT molecular complexity index is 661. The molecule has 0 aliphatic rings. The number of nitro groups is 1. The monoisotopic (exact) mass is 271 g/mol. The molecule has 0 saturated carbocycles. The summed E-state index contributed by atoms with van der Waals surface area (Å²) in [5.41, 5.74) is 0.0253. The molecule has 0 aliphatic heterocycles. The maximum atomic E-state index is 10.6. The standard InChI is InChI=1S/C13H9N3O2S/c14-10-15-19(12-4-2-1-3-5-12)13-8-6-11(7-9-13)16(17)18/h1-9H. The average Bonchev–Trinajstić information content (AvgIpc) is 2.46. The lowest BCUT2D eigenvalue weighted by Gasteiger charge is -2.06. The third kappa shape index (κ3) is 3.03. The molecule has 0 bridgehead atoms. The lowest BCUT2D eigenvalue weighted by Crippen LogP contribution is -1.93. The van der Waals surface area contributed by atoms with E-state index in [1.165, 1.54) is 12.1 Å². The van der Waals surface area contributed by atoms with Crippen LogP contribution in [0.5, 0.6) is 0 Å². The minimum absolute atomic E-state index is 0.0253. The second kappa shape index (κ2) is 5.89. The average molecular weight is 271 g/mol. The molecule has 0 N–H and O–H groups in total. The van der Waals surface area contributed by atoms with E-state index in [1.807, 2.05) is 30.3 Å². The Morgan fingerprint density at radius 1 is 1.05 bits per heavy atom. The molecule has 0 heterocycles. The summed E-state index contributed by atoms with van der Waals surface area (Å²) in [7, 11) is -0.731. The highest BCUT2D eigenvalue weighted by Crippen LogP contribution is 2.21. The SMILES string of the molecule is N#CN=S(c1ccccc1)c1ccc([N+](=O)[O-])cc1. The molecule has 2 rings (SSSR count). The highest BCUT2D eigenvalue weighted by molar-refractivity contribution is 7.87. The van der Waals surface area contributed by atoms with E-state index < -0.39 is 15.6 Å². The molecule has 19 heavy (non-hydrogen) atoms. The predicted octanol–water partition coefficient (Wildman–Crippen LogP) is 3.30. The molecule has 0 amide bonds. The van der Waals surface area contributed by atoms with Gasteiger partial charge < -0.3 is 0 Å². The summed E-state index contributed by atoms with van der Waals surface area (Å²) in [6.45, 7) is 0. The van der Waals surface area contributed by atoms with Gasteiger partial charge in [-0.3, -0.25) is 10.1 Å². The first-order valence-electron chi connectivity index (χ1n) is 5.36. The van der Waals surface area contributed by atoms with Gasteiger partial charge in [-0.2, -0.15) is 5.26 Å². The summed E-state index contributed by atoms with van der Waals surface area (Å²) < 4.78 is 3.90. The quantitative estimate of drug-likeness (QED) is 0.488. The zero-order valence-corrected chi connectivity index (χ0v) is 10.6. The molecule has 5 nitrogen and oxygen atoms in total. The van der Waals surface area contributed by atoms with Crippen molar-refractivity contribution in [1.82, 2.24) is 0 Å². The number of nitrogens with zero attached hydrogens (tertiary/aromatic N) is 3. The van der Waals surface area contributed by atoms with Crippen LogP contribution in [0.2, 0.25) is 0 Å². The summed E-state index contributed by atoms with van der Waals surface area (Å²) in [6, 6.07) is 15.5. The van der Waals surface area contributed by atoms with Crippen LogP contribution in [-0.4, -0.2) is 4.92 Å². The molecule has 0 fully saturated rings. The van der Waals surface area contributed by atoms with Gasteiger partial charge in [-0.1, -0.05) is 18.2 Å². The largest absolute Gasteiger partial charge is 0.269 e. The van der Waals surface area contributed by atoms with Gasteiger partial charge in [0.25, 0.3) is 5.69 Å². The van der Waals surface area contributed by atoms with E-state index in [4.69, 9.17) is 5.26 Å². The van der Waals surface area contributed by atoms with E-state index in [1.54, 1.807) is 18.3 Å². The van der Waals surface area contributed by atoms with Gasteiger partial charge in [-0.25, -0.2) is 0 Å². The van der Waals surface area contributed by atoms with Crippen LogP contribution in [0.3, 0.4) is 0 Å². The molecule has 1 atom stereocenters. The van der Waals surface area contributed by atoms with Crippen molar-refractivity contribution in [3.05, 3.63) is 64.7 Å². The van der Waals surface area contributed by atoms with Crippen LogP contribution in [0.25, 0.3) is 0 Å². The molecule has 2 aromatic carbocycles. The van der Waals surface area contributed by atoms with Crippen molar-refractivity contribution in [1.29, 1.82) is 5.26 Å². The van der Waals surface area contributed by atoms with E-state index in [0.717, 1.165) is 9.79 Å². The smallest absolute Gasteiger partial charge is 0.258 e. The van der Waals surface area contributed by atoms with Gasteiger partial charge in [0, 0.05) is 21.9 Å². The van der Waals surface area contributed by atoms with E-state index in [9.17, 15) is 10.1 Å². The van der Waals surface area contributed by atoms with Crippen LogP contribution in [0.4, 0.5) is 5.69 Å². The van der Waals surface area contributed by atoms with Gasteiger partial charge in [0.1, 0.15) is 0 Å². The Hall–Kier alpha value is -2.52. The van der Waals surface area contributed by atoms with Crippen molar-refractivity contribution in [3.63, 3.8) is 0 Å². The Balaban J connectivity index is 2.44. The Kier molecular flexibility index (Phi) is 4.00. The fourth-order valence-corrected chi connectivity index (χ4v) is 2.90. The molecule has 0 spiro atoms. The van der Waals surface area contributed by atoms with E-state index in [2.05, 4.69) is 4.36 Å². The van der Waals surface area contributed by atoms with Crippen molar-refractivity contribution in [2.24, 2.45) is 4.36 Å². The number of hydrogen-bond donors (Lipinski definition) is 0. The van der Waals surface area contributed by atoms with E-state index in [-0.39, 0.29) is 5.69 Å². The first-order valence-corrected chi connectivity index (χ1v) is 6.54. The number of hydrogen-bond acceptors (Lipinski definition) is 4. The third-order valence-electron chi connectivity index (χ3n) is 2.37. The molecule has 0 radical (unpaired) electrons. The summed E-state index contributed by atoms with van der Waals surface area (Å²) >= 11 is 0. The predicted molar refractivity (Wildman–Crippen MR) is 71.5 cm³/mol. The summed E-state index contributed by atoms with van der Waals surface area (Å²) in [6.07, 6.45) is 1.81. The topological polar surface area (TPSA) is 79.3 Å². The first kappa shape index (κ1) is 12.9. The Morgan fingerprint density at radius 2 is 1.63 bits per heavy atom. The number of nitriles is 1. The molecule has 0 aromatic heterocycles. The van der Waals surface area contributed by atoms with Crippen molar-refractivity contribution in [2.75, 3.05) is 0 Å². The third-order valence-corrected chi connectivity index (χ3v) is 4.07. The molecular formula is C13H9N3O2S. The second-order valence-corrected chi connectivity index (χ2v) is 5.23. The van der Waals surface area contributed by atoms with E-state index in [0.29, 0.717) is 0 Å². The van der Waals surface area contributed by atoms with Crippen molar-refractivity contribution in [3.8, 4) is 6.19 Å². The van der Waals surface area contributed by atoms with Crippen molar-refractivity contribution < 1.29 is 4.92 Å². The number of rotatable bonds is 3. The maximum absolute atomic E-state index is 10.6. The normalized spacial score (nSPS) is 11.7. The number of nitro benzene ring substituents is 1. The van der Waals surface area contributed by atoms with Gasteiger partial charge >= 0.3 is 0 Å². The zero-order valence-electron chi connectivity index (χ0n) is 9.76. The van der Waals surface area contributed by atoms with Gasteiger partial charge in [0.15, 0.2) is 0 Å². The van der Waals surface area contributed by atoms with Crippen LogP contribution in [0, 0.1) is 21.6 Å². The van der Waals surface area contributed by atoms with Crippen LogP contribution in [0.1, 0.15) is 0 Å². The molecule has 0 saturated heterocycles. The number of benzene rings is 2. The highest BCUT2D eigenvalue weighted by atomic mass is 32.2. The molecule has 0 aliphatic carbocycles. The lowest BCUT2D eigenvalue weighted by atomic mass is 10.3. The van der Waals surface area contributed by atoms with Crippen molar-refractivity contribution >= 4 is 16.4 Å². The molecule has 2 aromatic rings. The van der Waals surface area contributed by atoms with Crippen LogP contribution in [0.15, 0.2) is 68.8 Å². The Labute approximate surface area is 112 Å². The summed E-state index contributed by atoms with van der Waals surface area (Å²) in [5.74, 6) is 0. The van der Waals surface area contributed by atoms with Gasteiger partial charge in [0.2, 0.25) is 6.19 Å². The van der Waals surface area contributed by atoms with Crippen LogP contribution >= 0.6 is 0 Å². The maximum Gasteiger partial charge on any atom is 0.269 e. The first-order chi connectivity index (χ1) is 9.22. The second-order valence-electron chi connectivity index (χ2n) is 3.54. The summed E-state index contributed by atoms with van der Waals surface area (Å²) in [5, 5.41) is 19.4. The van der Waals surface area contributed by atoms with Crippen molar-refractivity contribution in [2.45, 2.75) is 9.79 Å². The van der Waals surface area contributed by atoms with Gasteiger partial charge in [-0.15, -0.1) is 4.36 Å². The minimum atomic E-state index is -0.731. The van der Waals surface area contributed by atoms with Crippen LogP contribution in [-0.2, 0) is 10.7 Å². The van der Waals surface area contributed by atoms with Gasteiger partial charge in [0.05, 0.1) is 4.92 Å². The zero-order chi connectivity index (χ0) is 13.7. The molecule has 94 valence electrons. The minimum Gasteiger partial charge on any atom is -0.258 e.